The highest BCUT2D eigenvalue weighted by Gasteiger charge is 2.35. The lowest BCUT2D eigenvalue weighted by Crippen LogP contribution is -2.53. The molecule has 19 heavy (non-hydrogen) atoms. The van der Waals surface area contributed by atoms with Gasteiger partial charge in [0.15, 0.2) is 0 Å². The number of carboxylic acid groups (broad SMARTS) is 1. The number of β-lactam (4-membered cyclic amide) rings is 1. The monoisotopic (exact) mass is 265 g/mol. The molecule has 0 aliphatic carbocycles. The van der Waals surface area contributed by atoms with E-state index in [-0.39, 0.29) is 18.5 Å². The van der Waals surface area contributed by atoms with Gasteiger partial charge in [0, 0.05) is 0 Å². The third-order valence-corrected chi connectivity index (χ3v) is 2.44. The highest BCUT2D eigenvalue weighted by molar-refractivity contribution is 5.87. The molecule has 1 aliphatic rings. The molecule has 4 N–H and O–H groups in total. The van der Waals surface area contributed by atoms with E-state index in [1.54, 1.807) is 30.5 Å². The van der Waals surface area contributed by atoms with Crippen molar-refractivity contribution in [3.8, 4) is 0 Å². The van der Waals surface area contributed by atoms with E-state index in [2.05, 4.69) is 5.73 Å². The molecule has 1 fully saturated rings. The summed E-state index contributed by atoms with van der Waals surface area (Å²) in [5.74, 6) is -0.435. The third kappa shape index (κ3) is 4.30. The van der Waals surface area contributed by atoms with Crippen LogP contribution < -0.4 is 5.73 Å². The van der Waals surface area contributed by atoms with Crippen LogP contribution >= 0.6 is 0 Å². The van der Waals surface area contributed by atoms with Crippen LogP contribution in [0.3, 0.4) is 0 Å². The number of nitrogens with zero attached hydrogens (tertiary/aromatic N) is 1. The topological polar surface area (TPSA) is 121 Å². The Kier molecular flexibility index (Phi) is 5.34. The highest BCUT2D eigenvalue weighted by atomic mass is 16.4. The molecule has 7 nitrogen and oxygen atoms in total. The zero-order valence-electron chi connectivity index (χ0n) is 10.2. The van der Waals surface area contributed by atoms with Gasteiger partial charge in [-0.05, 0) is 18.2 Å². The van der Waals surface area contributed by atoms with Gasteiger partial charge in [0.05, 0.1) is 25.1 Å². The maximum Gasteiger partial charge on any atom is 0.323 e. The van der Waals surface area contributed by atoms with Crippen LogP contribution in [0, 0.1) is 5.41 Å². The summed E-state index contributed by atoms with van der Waals surface area (Å²) < 4.78 is 5.09. The molecule has 1 saturated heterocycles. The molecule has 2 rings (SSSR count). The number of aliphatic carboxylic acids is 1. The number of hydrogen-bond acceptors (Lipinski definition) is 4. The molecule has 1 aromatic rings. The van der Waals surface area contributed by atoms with Crippen molar-refractivity contribution < 1.29 is 19.1 Å². The number of nitrogens with one attached hydrogen (secondary N) is 1. The minimum atomic E-state index is -0.996. The van der Waals surface area contributed by atoms with Crippen LogP contribution in [-0.2, 0) is 9.59 Å². The maximum atomic E-state index is 11.1. The van der Waals surface area contributed by atoms with Crippen LogP contribution in [0.4, 0.5) is 0 Å². The van der Waals surface area contributed by atoms with Crippen molar-refractivity contribution in [2.24, 2.45) is 5.73 Å². The van der Waals surface area contributed by atoms with Crippen LogP contribution in [0.5, 0.6) is 0 Å². The SMILES string of the molecule is N=CN.O=C(O)CN1C(=O)C[C@@H]1/C=C/c1ccco1. The largest absolute Gasteiger partial charge is 0.480 e. The second-order valence-electron chi connectivity index (χ2n) is 3.73. The van der Waals surface area contributed by atoms with Gasteiger partial charge in [-0.3, -0.25) is 15.0 Å². The molecule has 1 amide bonds. The number of amides is 1. The fourth-order valence-corrected chi connectivity index (χ4v) is 1.59. The van der Waals surface area contributed by atoms with E-state index in [1.807, 2.05) is 0 Å². The van der Waals surface area contributed by atoms with E-state index in [0.717, 1.165) is 6.34 Å². The number of likely N-dealkylation sites (tertiary alicyclic amines) is 1. The average molecular weight is 265 g/mol. The average Bonchev–Trinajstić information content (AvgIpc) is 2.85. The van der Waals surface area contributed by atoms with Gasteiger partial charge in [0.2, 0.25) is 5.91 Å². The van der Waals surface area contributed by atoms with Crippen molar-refractivity contribution in [3.05, 3.63) is 30.2 Å². The second kappa shape index (κ2) is 7.00. The minimum absolute atomic E-state index is 0.128. The van der Waals surface area contributed by atoms with Gasteiger partial charge in [0.1, 0.15) is 12.3 Å². The molecule has 1 atom stereocenters. The van der Waals surface area contributed by atoms with E-state index in [1.165, 1.54) is 4.90 Å². The van der Waals surface area contributed by atoms with Crippen LogP contribution in [0.1, 0.15) is 12.2 Å². The molecular formula is C12H15N3O4. The van der Waals surface area contributed by atoms with Crippen LogP contribution in [0.25, 0.3) is 6.08 Å². The van der Waals surface area contributed by atoms with Gasteiger partial charge in [-0.25, -0.2) is 0 Å². The summed E-state index contributed by atoms with van der Waals surface area (Å²) >= 11 is 0. The van der Waals surface area contributed by atoms with E-state index in [4.69, 9.17) is 14.9 Å². The second-order valence-corrected chi connectivity index (χ2v) is 3.73. The molecule has 0 unspecified atom stereocenters. The van der Waals surface area contributed by atoms with Gasteiger partial charge < -0.3 is 20.2 Å². The molecule has 0 bridgehead atoms. The maximum absolute atomic E-state index is 11.1. The van der Waals surface area contributed by atoms with E-state index in [9.17, 15) is 9.59 Å². The molecule has 2 heterocycles. The summed E-state index contributed by atoms with van der Waals surface area (Å²) in [4.78, 5) is 23.0. The molecule has 0 aromatic carbocycles. The van der Waals surface area contributed by atoms with Crippen molar-refractivity contribution >= 4 is 24.3 Å². The molecule has 7 heteroatoms. The lowest BCUT2D eigenvalue weighted by Gasteiger charge is -2.37. The molecule has 0 saturated carbocycles. The Morgan fingerprint density at radius 2 is 2.37 bits per heavy atom. The summed E-state index contributed by atoms with van der Waals surface area (Å²) in [5.41, 5.74) is 4.39. The molecule has 0 radical (unpaired) electrons. The summed E-state index contributed by atoms with van der Waals surface area (Å²) in [6.45, 7) is -0.244. The number of rotatable bonds is 4. The Morgan fingerprint density at radius 1 is 1.68 bits per heavy atom. The van der Waals surface area contributed by atoms with Crippen LogP contribution in [0.15, 0.2) is 28.9 Å². The summed E-state index contributed by atoms with van der Waals surface area (Å²) in [6, 6.07) is 3.42. The standard InChI is InChI=1S/C11H11NO4.CH4N2/c13-10-6-8(12(10)7-11(14)15)3-4-9-2-1-5-16-9;2-1-3/h1-5,8H,6-7H2,(H,14,15);1H,(H3,2,3)/b4-3+;/t8-;/m0./s1. The predicted octanol–water partition coefficient (Wildman–Crippen LogP) is 0.530. The molecule has 0 spiro atoms. The first-order valence-corrected chi connectivity index (χ1v) is 5.52. The Balaban J connectivity index is 0.000000550. The van der Waals surface area contributed by atoms with Gasteiger partial charge >= 0.3 is 5.97 Å². The third-order valence-electron chi connectivity index (χ3n) is 2.44. The van der Waals surface area contributed by atoms with Crippen LogP contribution in [0.2, 0.25) is 0 Å². The first-order valence-electron chi connectivity index (χ1n) is 5.52. The number of carboxylic acids is 1. The molecule has 102 valence electrons. The number of carbonyl (C=O) groups is 2. The normalized spacial score (nSPS) is 17.6. The van der Waals surface area contributed by atoms with Crippen molar-refractivity contribution in [2.45, 2.75) is 12.5 Å². The van der Waals surface area contributed by atoms with Gasteiger partial charge in [-0.2, -0.15) is 0 Å². The van der Waals surface area contributed by atoms with Gasteiger partial charge in [0.25, 0.3) is 0 Å². The molecular weight excluding hydrogens is 250 g/mol. The van der Waals surface area contributed by atoms with E-state index in [0.29, 0.717) is 12.2 Å². The number of nitrogens with two attached hydrogens (primary N) is 1. The molecule has 1 aromatic heterocycles. The lowest BCUT2D eigenvalue weighted by atomic mass is 10.0. The Morgan fingerprint density at radius 3 is 2.84 bits per heavy atom. The van der Waals surface area contributed by atoms with Gasteiger partial charge in [-0.15, -0.1) is 0 Å². The Hall–Kier alpha value is -2.57. The van der Waals surface area contributed by atoms with Crippen molar-refractivity contribution in [1.29, 1.82) is 5.41 Å². The van der Waals surface area contributed by atoms with Gasteiger partial charge in [-0.1, -0.05) is 6.08 Å². The summed E-state index contributed by atoms with van der Waals surface area (Å²) in [5, 5.41) is 14.5. The first-order chi connectivity index (χ1) is 9.08. The fraction of sp³-hybridized carbons (Fsp3) is 0.250. The number of hydrogen-bond donors (Lipinski definition) is 3. The number of furan rings is 1. The zero-order valence-corrected chi connectivity index (χ0v) is 10.2. The molecule has 1 aliphatic heterocycles. The number of carbonyl (C=O) groups excluding carboxylic acids is 1. The minimum Gasteiger partial charge on any atom is -0.480 e. The smallest absolute Gasteiger partial charge is 0.323 e. The lowest BCUT2D eigenvalue weighted by molar-refractivity contribution is -0.152. The Bertz CT molecular complexity index is 467. The van der Waals surface area contributed by atoms with Crippen molar-refractivity contribution in [3.63, 3.8) is 0 Å². The van der Waals surface area contributed by atoms with Crippen molar-refractivity contribution in [2.75, 3.05) is 6.54 Å². The Labute approximate surface area is 109 Å². The zero-order chi connectivity index (χ0) is 14.3. The van der Waals surface area contributed by atoms with Crippen molar-refractivity contribution in [1.82, 2.24) is 4.90 Å². The van der Waals surface area contributed by atoms with Crippen LogP contribution in [-0.4, -0.2) is 40.8 Å². The quantitative estimate of drug-likeness (QED) is 0.416. The first kappa shape index (κ1) is 14.5. The van der Waals surface area contributed by atoms with E-state index < -0.39 is 5.97 Å². The fourth-order valence-electron chi connectivity index (χ4n) is 1.59. The highest BCUT2D eigenvalue weighted by Crippen LogP contribution is 2.20. The summed E-state index contributed by atoms with van der Waals surface area (Å²) in [7, 11) is 0. The van der Waals surface area contributed by atoms with E-state index >= 15 is 0 Å². The summed E-state index contributed by atoms with van der Waals surface area (Å²) in [6.07, 6.45) is 6.19. The predicted molar refractivity (Wildman–Crippen MR) is 68.5 cm³/mol.